The van der Waals surface area contributed by atoms with Gasteiger partial charge in [-0.1, -0.05) is 12.1 Å². The summed E-state index contributed by atoms with van der Waals surface area (Å²) in [6.07, 6.45) is 0. The van der Waals surface area contributed by atoms with Crippen molar-refractivity contribution in [3.05, 3.63) is 42.0 Å². The maximum atomic E-state index is 10.7. The molecule has 0 bridgehead atoms. The van der Waals surface area contributed by atoms with Crippen molar-refractivity contribution in [2.75, 3.05) is 0 Å². The van der Waals surface area contributed by atoms with E-state index in [0.29, 0.717) is 0 Å². The summed E-state index contributed by atoms with van der Waals surface area (Å²) in [5.41, 5.74) is 0.253. The summed E-state index contributed by atoms with van der Waals surface area (Å²) in [5, 5.41) is 19.6. The van der Waals surface area contributed by atoms with E-state index in [4.69, 9.17) is 5.11 Å². The first kappa shape index (κ1) is 12.7. The maximum Gasteiger partial charge on any atom is 1.00 e. The molecule has 4 heteroatoms. The number of hydrogen-bond donors (Lipinski definition) is 2. The van der Waals surface area contributed by atoms with Crippen LogP contribution in [-0.2, 0) is 0 Å². The van der Waals surface area contributed by atoms with Crippen LogP contribution in [0.2, 0.25) is 0 Å². The van der Waals surface area contributed by atoms with Gasteiger partial charge in [0.05, 0.1) is 5.56 Å². The molecular formula is C11H9KO3. The van der Waals surface area contributed by atoms with E-state index in [2.05, 4.69) is 0 Å². The van der Waals surface area contributed by atoms with Gasteiger partial charge in [-0.3, -0.25) is 0 Å². The second-order valence-corrected chi connectivity index (χ2v) is 3.05. The zero-order valence-electron chi connectivity index (χ0n) is 9.27. The number of rotatable bonds is 1. The van der Waals surface area contributed by atoms with Crippen molar-refractivity contribution in [3.63, 3.8) is 0 Å². The Bertz CT molecular complexity index is 514. The Hall–Kier alpha value is -0.394. The summed E-state index contributed by atoms with van der Waals surface area (Å²) in [5.74, 6) is -0.763. The van der Waals surface area contributed by atoms with Crippen molar-refractivity contribution < 1.29 is 67.8 Å². The standard InChI is InChI=1S/C11H8O3.K.H/c12-10-4-3-7-5-9(11(13)14)2-1-8(7)6-10;;/h1-6,12H,(H,13,14);;/q;+1;-1. The Kier molecular flexibility index (Phi) is 4.30. The van der Waals surface area contributed by atoms with E-state index < -0.39 is 5.97 Å². The molecule has 15 heavy (non-hydrogen) atoms. The molecule has 0 atom stereocenters. The van der Waals surface area contributed by atoms with Gasteiger partial charge in [0, 0.05) is 0 Å². The van der Waals surface area contributed by atoms with Gasteiger partial charge in [0.25, 0.3) is 0 Å². The molecule has 0 amide bonds. The first-order valence-corrected chi connectivity index (χ1v) is 4.13. The van der Waals surface area contributed by atoms with Gasteiger partial charge >= 0.3 is 57.4 Å². The van der Waals surface area contributed by atoms with Crippen LogP contribution in [0.3, 0.4) is 0 Å². The Morgan fingerprint density at radius 1 is 1.07 bits per heavy atom. The first-order valence-electron chi connectivity index (χ1n) is 4.13. The largest absolute Gasteiger partial charge is 1.00 e. The SMILES string of the molecule is O=C(O)c1ccc2cc(O)ccc2c1.[H-].[K+]. The van der Waals surface area contributed by atoms with E-state index in [1.54, 1.807) is 24.3 Å². The molecule has 3 nitrogen and oxygen atoms in total. The van der Waals surface area contributed by atoms with Crippen molar-refractivity contribution in [2.45, 2.75) is 0 Å². The predicted octanol–water partition coefficient (Wildman–Crippen LogP) is -0.640. The van der Waals surface area contributed by atoms with Crippen LogP contribution in [0.25, 0.3) is 10.8 Å². The van der Waals surface area contributed by atoms with Gasteiger partial charge in [0.1, 0.15) is 5.75 Å². The van der Waals surface area contributed by atoms with Crippen LogP contribution in [0.4, 0.5) is 0 Å². The van der Waals surface area contributed by atoms with Crippen molar-refractivity contribution in [1.29, 1.82) is 0 Å². The molecule has 0 aliphatic carbocycles. The molecule has 2 aromatic rings. The number of aromatic hydroxyl groups is 1. The fraction of sp³-hybridized carbons (Fsp3) is 0. The minimum absolute atomic E-state index is 0. The Balaban J connectivity index is 0.00000112. The molecule has 0 aliphatic rings. The summed E-state index contributed by atoms with van der Waals surface area (Å²) in [6.45, 7) is 0. The number of phenolic OH excluding ortho intramolecular Hbond substituents is 1. The third kappa shape index (κ3) is 2.80. The number of benzene rings is 2. The molecule has 2 rings (SSSR count). The summed E-state index contributed by atoms with van der Waals surface area (Å²) in [7, 11) is 0. The fourth-order valence-electron chi connectivity index (χ4n) is 1.37. The van der Waals surface area contributed by atoms with E-state index in [1.807, 2.05) is 0 Å². The second kappa shape index (κ2) is 5.09. The molecule has 0 saturated carbocycles. The second-order valence-electron chi connectivity index (χ2n) is 3.05. The zero-order chi connectivity index (χ0) is 10.1. The van der Waals surface area contributed by atoms with Crippen LogP contribution in [0.15, 0.2) is 36.4 Å². The van der Waals surface area contributed by atoms with E-state index in [1.165, 1.54) is 12.1 Å². The van der Waals surface area contributed by atoms with E-state index >= 15 is 0 Å². The number of phenols is 1. The number of carboxylic acids is 1. The van der Waals surface area contributed by atoms with Crippen LogP contribution in [0.1, 0.15) is 11.8 Å². The molecule has 0 aliphatic heterocycles. The average molecular weight is 228 g/mol. The molecule has 0 aromatic heterocycles. The van der Waals surface area contributed by atoms with Crippen LogP contribution in [-0.4, -0.2) is 16.2 Å². The molecule has 0 saturated heterocycles. The van der Waals surface area contributed by atoms with Gasteiger partial charge < -0.3 is 11.6 Å². The number of carbonyl (C=O) groups is 1. The number of aromatic carboxylic acids is 1. The third-order valence-electron chi connectivity index (χ3n) is 2.07. The molecule has 2 aromatic carbocycles. The smallest absolute Gasteiger partial charge is 1.00 e. The third-order valence-corrected chi connectivity index (χ3v) is 2.07. The van der Waals surface area contributed by atoms with Crippen LogP contribution < -0.4 is 51.4 Å². The molecular weight excluding hydrogens is 219 g/mol. The topological polar surface area (TPSA) is 57.5 Å². The summed E-state index contributed by atoms with van der Waals surface area (Å²) in [4.78, 5) is 10.7. The zero-order valence-corrected chi connectivity index (χ0v) is 11.4. The van der Waals surface area contributed by atoms with E-state index in [-0.39, 0.29) is 64.1 Å². The minimum Gasteiger partial charge on any atom is -1.00 e. The quantitative estimate of drug-likeness (QED) is 0.638. The van der Waals surface area contributed by atoms with Gasteiger partial charge in [-0.15, -0.1) is 0 Å². The molecule has 2 N–H and O–H groups in total. The van der Waals surface area contributed by atoms with Gasteiger partial charge in [-0.2, -0.15) is 0 Å². The van der Waals surface area contributed by atoms with Gasteiger partial charge in [-0.25, -0.2) is 4.79 Å². The average Bonchev–Trinajstić information content (AvgIpc) is 2.16. The van der Waals surface area contributed by atoms with Gasteiger partial charge in [0.15, 0.2) is 0 Å². The van der Waals surface area contributed by atoms with Crippen LogP contribution >= 0.6 is 0 Å². The molecule has 0 unspecified atom stereocenters. The van der Waals surface area contributed by atoms with Crippen LogP contribution in [0.5, 0.6) is 5.75 Å². The molecule has 0 spiro atoms. The molecule has 0 radical (unpaired) electrons. The van der Waals surface area contributed by atoms with Crippen molar-refractivity contribution in [1.82, 2.24) is 0 Å². The van der Waals surface area contributed by atoms with Crippen molar-refractivity contribution >= 4 is 16.7 Å². The first-order chi connectivity index (χ1) is 6.66. The molecule has 72 valence electrons. The number of hydrogen-bond acceptors (Lipinski definition) is 2. The Labute approximate surface area is 131 Å². The molecule has 0 fully saturated rings. The number of fused-ring (bicyclic) bond motifs is 1. The maximum absolute atomic E-state index is 10.7. The van der Waals surface area contributed by atoms with E-state index in [9.17, 15) is 9.90 Å². The summed E-state index contributed by atoms with van der Waals surface area (Å²) < 4.78 is 0. The molecule has 0 heterocycles. The van der Waals surface area contributed by atoms with Crippen molar-refractivity contribution in [2.24, 2.45) is 0 Å². The Morgan fingerprint density at radius 3 is 2.33 bits per heavy atom. The predicted molar refractivity (Wildman–Crippen MR) is 53.7 cm³/mol. The normalized spacial score (nSPS) is 9.60. The Morgan fingerprint density at radius 2 is 1.67 bits per heavy atom. The van der Waals surface area contributed by atoms with Gasteiger partial charge in [-0.05, 0) is 35.0 Å². The van der Waals surface area contributed by atoms with Crippen molar-refractivity contribution in [3.8, 4) is 5.75 Å². The monoisotopic (exact) mass is 228 g/mol. The van der Waals surface area contributed by atoms with Gasteiger partial charge in [0.2, 0.25) is 0 Å². The van der Waals surface area contributed by atoms with Crippen LogP contribution in [0, 0.1) is 0 Å². The summed E-state index contributed by atoms with van der Waals surface area (Å²) >= 11 is 0. The minimum atomic E-state index is -0.944. The fourth-order valence-corrected chi connectivity index (χ4v) is 1.37. The number of carboxylic acid groups (broad SMARTS) is 1. The van der Waals surface area contributed by atoms with E-state index in [0.717, 1.165) is 10.8 Å². The summed E-state index contributed by atoms with van der Waals surface area (Å²) in [6, 6.07) is 9.60.